The number of halogens is 1. The summed E-state index contributed by atoms with van der Waals surface area (Å²) in [5.41, 5.74) is 0.762. The number of hydrogen-bond acceptors (Lipinski definition) is 5. The van der Waals surface area contributed by atoms with Gasteiger partial charge in [0.1, 0.15) is 28.2 Å². The lowest BCUT2D eigenvalue weighted by Gasteiger charge is -2.10. The fraction of sp³-hybridized carbons (Fsp3) is 0.250. The quantitative estimate of drug-likeness (QED) is 0.787. The Morgan fingerprint density at radius 3 is 2.70 bits per heavy atom. The summed E-state index contributed by atoms with van der Waals surface area (Å²) in [6.45, 7) is 1.90. The van der Waals surface area contributed by atoms with Crippen LogP contribution in [0.15, 0.2) is 41.3 Å². The van der Waals surface area contributed by atoms with Gasteiger partial charge in [-0.1, -0.05) is 17.7 Å². The average Bonchev–Trinajstić information content (AvgIpc) is 2.88. The minimum atomic E-state index is -4.00. The molecule has 1 aliphatic rings. The van der Waals surface area contributed by atoms with Crippen LogP contribution in [0.5, 0.6) is 17.2 Å². The lowest BCUT2D eigenvalue weighted by Crippen LogP contribution is -2.10. The highest BCUT2D eigenvalue weighted by atomic mass is 35.5. The summed E-state index contributed by atoms with van der Waals surface area (Å²) in [4.78, 5) is 0.00164. The van der Waals surface area contributed by atoms with Crippen molar-refractivity contribution >= 4 is 21.7 Å². The van der Waals surface area contributed by atoms with E-state index in [1.807, 2.05) is 6.92 Å². The minimum absolute atomic E-state index is 0.00164. The van der Waals surface area contributed by atoms with Gasteiger partial charge in [0.25, 0.3) is 0 Å². The molecule has 1 atom stereocenters. The summed E-state index contributed by atoms with van der Waals surface area (Å²) in [6, 6.07) is 9.27. The van der Waals surface area contributed by atoms with E-state index in [1.54, 1.807) is 24.3 Å². The molecule has 0 aliphatic carbocycles. The van der Waals surface area contributed by atoms with Crippen molar-refractivity contribution in [3.8, 4) is 17.2 Å². The Bertz CT molecular complexity index is 848. The minimum Gasteiger partial charge on any atom is -0.497 e. The lowest BCUT2D eigenvalue weighted by atomic mass is 10.1. The molecule has 122 valence electrons. The second-order valence-corrected chi connectivity index (χ2v) is 7.20. The maximum Gasteiger partial charge on any atom is 0.339 e. The van der Waals surface area contributed by atoms with Crippen molar-refractivity contribution in [1.82, 2.24) is 0 Å². The molecule has 0 saturated heterocycles. The average molecular weight is 355 g/mol. The fourth-order valence-corrected chi connectivity index (χ4v) is 3.78. The molecule has 7 heteroatoms. The summed E-state index contributed by atoms with van der Waals surface area (Å²) in [5, 5.41) is 0.264. The molecule has 2 aromatic rings. The van der Waals surface area contributed by atoms with Gasteiger partial charge in [-0.15, -0.1) is 0 Å². The summed E-state index contributed by atoms with van der Waals surface area (Å²) in [6.07, 6.45) is 0.581. The molecule has 1 heterocycles. The predicted molar refractivity (Wildman–Crippen MR) is 86.1 cm³/mol. The van der Waals surface area contributed by atoms with E-state index >= 15 is 0 Å². The van der Waals surface area contributed by atoms with Gasteiger partial charge in [-0.3, -0.25) is 0 Å². The maximum absolute atomic E-state index is 12.5. The zero-order chi connectivity index (χ0) is 16.6. The van der Waals surface area contributed by atoms with Crippen LogP contribution in [0.1, 0.15) is 12.5 Å². The molecule has 0 radical (unpaired) electrons. The fourth-order valence-electron chi connectivity index (χ4n) is 2.43. The smallest absolute Gasteiger partial charge is 0.339 e. The highest BCUT2D eigenvalue weighted by Crippen LogP contribution is 2.38. The van der Waals surface area contributed by atoms with E-state index in [0.717, 1.165) is 5.56 Å². The highest BCUT2D eigenvalue weighted by Gasteiger charge is 2.27. The molecule has 0 N–H and O–H groups in total. The van der Waals surface area contributed by atoms with Gasteiger partial charge in [0, 0.05) is 18.1 Å². The van der Waals surface area contributed by atoms with Gasteiger partial charge >= 0.3 is 10.1 Å². The van der Waals surface area contributed by atoms with Crippen LogP contribution in [0.25, 0.3) is 0 Å². The summed E-state index contributed by atoms with van der Waals surface area (Å²) >= 11 is 6.13. The van der Waals surface area contributed by atoms with E-state index < -0.39 is 10.1 Å². The van der Waals surface area contributed by atoms with E-state index in [-0.39, 0.29) is 21.8 Å². The van der Waals surface area contributed by atoms with Gasteiger partial charge in [-0.05, 0) is 31.2 Å². The first kappa shape index (κ1) is 16.0. The molecule has 23 heavy (non-hydrogen) atoms. The van der Waals surface area contributed by atoms with Gasteiger partial charge in [0.15, 0.2) is 0 Å². The van der Waals surface area contributed by atoms with Crippen LogP contribution in [0.2, 0.25) is 5.02 Å². The molecule has 0 amide bonds. The standard InChI is InChI=1S/C16H15ClO5S/c1-10-6-11-7-14(9-15(17)16(11)21-10)23(18,19)22-13-5-3-4-12(8-13)20-2/h3-5,7-10H,6H2,1-2H3. The van der Waals surface area contributed by atoms with E-state index in [2.05, 4.69) is 0 Å². The second kappa shape index (κ2) is 5.94. The Labute approximate surface area is 139 Å². The van der Waals surface area contributed by atoms with Crippen LogP contribution >= 0.6 is 11.6 Å². The maximum atomic E-state index is 12.5. The van der Waals surface area contributed by atoms with E-state index in [1.165, 1.54) is 19.2 Å². The van der Waals surface area contributed by atoms with Crippen molar-refractivity contribution in [2.75, 3.05) is 7.11 Å². The number of hydrogen-bond donors (Lipinski definition) is 0. The number of methoxy groups -OCH3 is 1. The van der Waals surface area contributed by atoms with E-state index in [9.17, 15) is 8.42 Å². The van der Waals surface area contributed by atoms with Crippen molar-refractivity contribution in [3.05, 3.63) is 47.0 Å². The first-order valence-corrected chi connectivity index (χ1v) is 8.75. The Balaban J connectivity index is 1.94. The van der Waals surface area contributed by atoms with Gasteiger partial charge in [-0.25, -0.2) is 0 Å². The molecule has 0 bridgehead atoms. The van der Waals surface area contributed by atoms with Crippen molar-refractivity contribution in [1.29, 1.82) is 0 Å². The number of rotatable bonds is 4. The van der Waals surface area contributed by atoms with Crippen molar-refractivity contribution < 1.29 is 22.1 Å². The normalized spacial score (nSPS) is 16.6. The zero-order valence-electron chi connectivity index (χ0n) is 12.6. The molecule has 3 rings (SSSR count). The zero-order valence-corrected chi connectivity index (χ0v) is 14.1. The third kappa shape index (κ3) is 3.23. The summed E-state index contributed by atoms with van der Waals surface area (Å²) in [5.74, 6) is 1.22. The Kier molecular flexibility index (Phi) is 4.12. The Morgan fingerprint density at radius 1 is 1.22 bits per heavy atom. The van der Waals surface area contributed by atoms with Gasteiger partial charge < -0.3 is 13.7 Å². The molecule has 0 fully saturated rings. The Hall–Kier alpha value is -1.92. The van der Waals surface area contributed by atoms with Gasteiger partial charge in [0.05, 0.1) is 12.1 Å². The summed E-state index contributed by atoms with van der Waals surface area (Å²) in [7, 11) is -2.50. The van der Waals surface area contributed by atoms with E-state index in [4.69, 9.17) is 25.3 Å². The van der Waals surface area contributed by atoms with Crippen molar-refractivity contribution in [3.63, 3.8) is 0 Å². The van der Waals surface area contributed by atoms with Crippen LogP contribution in [-0.2, 0) is 16.5 Å². The largest absolute Gasteiger partial charge is 0.497 e. The van der Waals surface area contributed by atoms with Crippen molar-refractivity contribution in [2.45, 2.75) is 24.3 Å². The number of benzene rings is 2. The van der Waals surface area contributed by atoms with Gasteiger partial charge in [0.2, 0.25) is 0 Å². The third-order valence-electron chi connectivity index (χ3n) is 3.46. The third-order valence-corrected chi connectivity index (χ3v) is 4.96. The first-order chi connectivity index (χ1) is 10.9. The molecule has 2 aromatic carbocycles. The monoisotopic (exact) mass is 354 g/mol. The van der Waals surface area contributed by atoms with Crippen LogP contribution in [-0.4, -0.2) is 21.6 Å². The molecule has 0 saturated carbocycles. The Morgan fingerprint density at radius 2 is 1.96 bits per heavy atom. The van der Waals surface area contributed by atoms with Crippen LogP contribution in [0.4, 0.5) is 0 Å². The molecule has 1 unspecified atom stereocenters. The SMILES string of the molecule is COc1cccc(OS(=O)(=O)c2cc(Cl)c3c(c2)CC(C)O3)c1. The van der Waals surface area contributed by atoms with Crippen LogP contribution in [0.3, 0.4) is 0 Å². The molecular formula is C16H15ClO5S. The first-order valence-electron chi connectivity index (χ1n) is 6.96. The molecule has 5 nitrogen and oxygen atoms in total. The van der Waals surface area contributed by atoms with Crippen molar-refractivity contribution in [2.24, 2.45) is 0 Å². The topological polar surface area (TPSA) is 61.8 Å². The molecule has 1 aliphatic heterocycles. The highest BCUT2D eigenvalue weighted by molar-refractivity contribution is 7.87. The van der Waals surface area contributed by atoms with Crippen LogP contribution < -0.4 is 13.7 Å². The number of fused-ring (bicyclic) bond motifs is 1. The second-order valence-electron chi connectivity index (χ2n) is 5.24. The molecule has 0 aromatic heterocycles. The number of ether oxygens (including phenoxy) is 2. The molecule has 0 spiro atoms. The summed E-state index contributed by atoms with van der Waals surface area (Å²) < 4.78 is 40.7. The van der Waals surface area contributed by atoms with E-state index in [0.29, 0.717) is 17.9 Å². The van der Waals surface area contributed by atoms with Gasteiger partial charge in [-0.2, -0.15) is 8.42 Å². The lowest BCUT2D eigenvalue weighted by molar-refractivity contribution is 0.255. The molecular weight excluding hydrogens is 340 g/mol. The van der Waals surface area contributed by atoms with Crippen LogP contribution in [0, 0.1) is 0 Å². The predicted octanol–water partition coefficient (Wildman–Crippen LogP) is 3.44.